The summed E-state index contributed by atoms with van der Waals surface area (Å²) in [7, 11) is 0. The molecule has 1 saturated heterocycles. The smallest absolute Gasteiger partial charge is 0.136 e. The Kier molecular flexibility index (Phi) is 2.22. The number of carbonyl (C=O) groups is 1. The Balaban J connectivity index is 2.31. The maximum atomic E-state index is 10.2. The first-order chi connectivity index (χ1) is 4.33. The van der Waals surface area contributed by atoms with Crippen LogP contribution in [0.5, 0.6) is 0 Å². The van der Waals surface area contributed by atoms with E-state index in [0.29, 0.717) is 6.04 Å². The van der Waals surface area contributed by atoms with Crippen LogP contribution in [0.3, 0.4) is 0 Å². The van der Waals surface area contributed by atoms with Gasteiger partial charge in [-0.05, 0) is 26.2 Å². The Morgan fingerprint density at radius 2 is 2.33 bits per heavy atom. The van der Waals surface area contributed by atoms with Crippen LogP contribution in [-0.2, 0) is 4.79 Å². The molecule has 1 fully saturated rings. The molecule has 1 aliphatic rings. The van der Waals surface area contributed by atoms with Gasteiger partial charge in [0.25, 0.3) is 0 Å². The van der Waals surface area contributed by atoms with E-state index in [4.69, 9.17) is 0 Å². The first-order valence-electron chi connectivity index (χ1n) is 3.54. The number of piperidine rings is 1. The molecule has 1 N–H and O–H groups in total. The van der Waals surface area contributed by atoms with Crippen molar-refractivity contribution in [1.82, 2.24) is 5.32 Å². The predicted octanol–water partition coefficient (Wildman–Crippen LogP) is 0.716. The van der Waals surface area contributed by atoms with Gasteiger partial charge in [-0.25, -0.2) is 0 Å². The summed E-state index contributed by atoms with van der Waals surface area (Å²) in [4.78, 5) is 10.2. The summed E-state index contributed by atoms with van der Waals surface area (Å²) in [5.74, 6) is 0. The van der Waals surface area contributed by atoms with Crippen LogP contribution < -0.4 is 5.32 Å². The third-order valence-corrected chi connectivity index (χ3v) is 1.82. The lowest BCUT2D eigenvalue weighted by molar-refractivity contribution is -0.110. The maximum Gasteiger partial charge on any atom is 0.136 e. The molecule has 9 heavy (non-hydrogen) atoms. The van der Waals surface area contributed by atoms with E-state index in [-0.39, 0.29) is 6.04 Å². The fourth-order valence-electron chi connectivity index (χ4n) is 1.28. The molecular formula is C7H13NO. The van der Waals surface area contributed by atoms with Gasteiger partial charge in [0.2, 0.25) is 0 Å². The van der Waals surface area contributed by atoms with Crippen molar-refractivity contribution in [1.29, 1.82) is 0 Å². The Morgan fingerprint density at radius 3 is 2.78 bits per heavy atom. The van der Waals surface area contributed by atoms with E-state index in [1.54, 1.807) is 0 Å². The van der Waals surface area contributed by atoms with Crippen molar-refractivity contribution < 1.29 is 4.79 Å². The van der Waals surface area contributed by atoms with Crippen LogP contribution in [0.1, 0.15) is 26.2 Å². The van der Waals surface area contributed by atoms with Crippen LogP contribution in [0.15, 0.2) is 0 Å². The van der Waals surface area contributed by atoms with E-state index < -0.39 is 0 Å². The maximum absolute atomic E-state index is 10.2. The molecule has 0 bridgehead atoms. The van der Waals surface area contributed by atoms with Crippen LogP contribution in [0.4, 0.5) is 0 Å². The second-order valence-corrected chi connectivity index (χ2v) is 2.74. The van der Waals surface area contributed by atoms with Gasteiger partial charge in [0.05, 0.1) is 6.04 Å². The molecule has 0 aromatic heterocycles. The molecule has 2 heteroatoms. The molecule has 2 nitrogen and oxygen atoms in total. The van der Waals surface area contributed by atoms with Gasteiger partial charge >= 0.3 is 0 Å². The largest absolute Gasteiger partial charge is 0.305 e. The van der Waals surface area contributed by atoms with Crippen molar-refractivity contribution in [3.63, 3.8) is 0 Å². The number of rotatable bonds is 1. The molecule has 1 heterocycles. The highest BCUT2D eigenvalue weighted by Gasteiger charge is 2.15. The molecular weight excluding hydrogens is 114 g/mol. The van der Waals surface area contributed by atoms with E-state index in [9.17, 15) is 4.79 Å². The lowest BCUT2D eigenvalue weighted by Gasteiger charge is -2.24. The van der Waals surface area contributed by atoms with Crippen LogP contribution >= 0.6 is 0 Å². The average molecular weight is 127 g/mol. The number of nitrogens with one attached hydrogen (secondary N) is 1. The SMILES string of the molecule is C[C@@H]1CCCC(C=O)N1. The zero-order chi connectivity index (χ0) is 6.69. The highest BCUT2D eigenvalue weighted by molar-refractivity contribution is 5.57. The number of hydrogen-bond acceptors (Lipinski definition) is 2. The summed E-state index contributed by atoms with van der Waals surface area (Å²) in [6.45, 7) is 2.12. The van der Waals surface area contributed by atoms with Crippen LogP contribution in [0.25, 0.3) is 0 Å². The molecule has 1 unspecified atom stereocenters. The van der Waals surface area contributed by atoms with Crippen LogP contribution in [-0.4, -0.2) is 18.4 Å². The standard InChI is InChI=1S/C7H13NO/c1-6-3-2-4-7(5-9)8-6/h5-8H,2-4H2,1H3/t6-,7?/m1/s1. The first kappa shape index (κ1) is 6.75. The van der Waals surface area contributed by atoms with Gasteiger partial charge in [0.15, 0.2) is 0 Å². The monoisotopic (exact) mass is 127 g/mol. The molecule has 1 rings (SSSR count). The Bertz CT molecular complexity index is 103. The summed E-state index contributed by atoms with van der Waals surface area (Å²) in [5, 5.41) is 3.20. The molecule has 0 saturated carbocycles. The van der Waals surface area contributed by atoms with E-state index in [0.717, 1.165) is 12.7 Å². The molecule has 2 atom stereocenters. The molecule has 0 amide bonds. The average Bonchev–Trinajstić information content (AvgIpc) is 1.88. The Morgan fingerprint density at radius 1 is 1.56 bits per heavy atom. The van der Waals surface area contributed by atoms with Gasteiger partial charge in [0, 0.05) is 6.04 Å². The van der Waals surface area contributed by atoms with Crippen LogP contribution in [0.2, 0.25) is 0 Å². The Labute approximate surface area is 55.6 Å². The van der Waals surface area contributed by atoms with Crippen molar-refractivity contribution >= 4 is 6.29 Å². The fourth-order valence-corrected chi connectivity index (χ4v) is 1.28. The topological polar surface area (TPSA) is 29.1 Å². The molecule has 52 valence electrons. The van der Waals surface area contributed by atoms with Gasteiger partial charge < -0.3 is 10.1 Å². The highest BCUT2D eigenvalue weighted by atomic mass is 16.1. The van der Waals surface area contributed by atoms with E-state index >= 15 is 0 Å². The lowest BCUT2D eigenvalue weighted by Crippen LogP contribution is -2.41. The summed E-state index contributed by atoms with van der Waals surface area (Å²) in [6, 6.07) is 0.669. The van der Waals surface area contributed by atoms with Crippen molar-refractivity contribution in [3.05, 3.63) is 0 Å². The molecule has 0 aromatic carbocycles. The molecule has 1 aliphatic heterocycles. The highest BCUT2D eigenvalue weighted by Crippen LogP contribution is 2.09. The normalized spacial score (nSPS) is 36.1. The zero-order valence-corrected chi connectivity index (χ0v) is 5.76. The van der Waals surface area contributed by atoms with E-state index in [1.165, 1.54) is 12.8 Å². The predicted molar refractivity (Wildman–Crippen MR) is 36.3 cm³/mol. The fraction of sp³-hybridized carbons (Fsp3) is 0.857. The zero-order valence-electron chi connectivity index (χ0n) is 5.76. The first-order valence-corrected chi connectivity index (χ1v) is 3.54. The molecule has 0 spiro atoms. The second kappa shape index (κ2) is 2.97. The number of aldehydes is 1. The van der Waals surface area contributed by atoms with Gasteiger partial charge in [-0.2, -0.15) is 0 Å². The van der Waals surface area contributed by atoms with Crippen molar-refractivity contribution in [3.8, 4) is 0 Å². The molecule has 0 radical (unpaired) electrons. The van der Waals surface area contributed by atoms with Crippen molar-refractivity contribution in [2.75, 3.05) is 0 Å². The molecule has 0 aromatic rings. The second-order valence-electron chi connectivity index (χ2n) is 2.74. The molecule has 0 aliphatic carbocycles. The van der Waals surface area contributed by atoms with Crippen LogP contribution in [0, 0.1) is 0 Å². The summed E-state index contributed by atoms with van der Waals surface area (Å²) >= 11 is 0. The van der Waals surface area contributed by atoms with E-state index in [2.05, 4.69) is 12.2 Å². The lowest BCUT2D eigenvalue weighted by atomic mass is 10.0. The van der Waals surface area contributed by atoms with Crippen molar-refractivity contribution in [2.24, 2.45) is 0 Å². The summed E-state index contributed by atoms with van der Waals surface area (Å²) in [5.41, 5.74) is 0. The summed E-state index contributed by atoms with van der Waals surface area (Å²) in [6.07, 6.45) is 4.44. The van der Waals surface area contributed by atoms with Gasteiger partial charge in [-0.3, -0.25) is 0 Å². The number of carbonyl (C=O) groups excluding carboxylic acids is 1. The summed E-state index contributed by atoms with van der Waals surface area (Å²) < 4.78 is 0. The quantitative estimate of drug-likeness (QED) is 0.526. The minimum atomic E-state index is 0.133. The minimum Gasteiger partial charge on any atom is -0.305 e. The van der Waals surface area contributed by atoms with Gasteiger partial charge in [-0.15, -0.1) is 0 Å². The van der Waals surface area contributed by atoms with Gasteiger partial charge in [-0.1, -0.05) is 0 Å². The third kappa shape index (κ3) is 1.79. The third-order valence-electron chi connectivity index (χ3n) is 1.82. The van der Waals surface area contributed by atoms with Gasteiger partial charge in [0.1, 0.15) is 6.29 Å². The van der Waals surface area contributed by atoms with E-state index in [1.807, 2.05) is 0 Å². The number of hydrogen-bond donors (Lipinski definition) is 1. The Hall–Kier alpha value is -0.370. The van der Waals surface area contributed by atoms with Crippen molar-refractivity contribution in [2.45, 2.75) is 38.3 Å². The minimum absolute atomic E-state index is 0.133.